The fraction of sp³-hybridized carbons (Fsp3) is 1.00. The van der Waals surface area contributed by atoms with Gasteiger partial charge < -0.3 is 5.32 Å². The number of hydrogen-bond donors (Lipinski definition) is 1. The van der Waals surface area contributed by atoms with Crippen molar-refractivity contribution in [3.05, 3.63) is 0 Å². The van der Waals surface area contributed by atoms with Crippen LogP contribution in [0, 0.1) is 29.6 Å². The lowest BCUT2D eigenvalue weighted by molar-refractivity contribution is 0.183. The van der Waals surface area contributed by atoms with Gasteiger partial charge in [-0.3, -0.25) is 0 Å². The van der Waals surface area contributed by atoms with Crippen molar-refractivity contribution in [3.8, 4) is 0 Å². The van der Waals surface area contributed by atoms with Gasteiger partial charge in [-0.2, -0.15) is 0 Å². The average molecular weight is 275 g/mol. The number of rotatable bonds is 3. The fourth-order valence-electron chi connectivity index (χ4n) is 6.54. The molecule has 1 nitrogen and oxygen atoms in total. The van der Waals surface area contributed by atoms with Crippen molar-refractivity contribution < 1.29 is 0 Å². The van der Waals surface area contributed by atoms with Crippen LogP contribution in [0.25, 0.3) is 0 Å². The van der Waals surface area contributed by atoms with Crippen molar-refractivity contribution in [1.82, 2.24) is 5.32 Å². The van der Waals surface area contributed by atoms with Crippen molar-refractivity contribution in [3.63, 3.8) is 0 Å². The third-order valence-electron chi connectivity index (χ3n) is 7.51. The van der Waals surface area contributed by atoms with E-state index in [2.05, 4.69) is 12.2 Å². The summed E-state index contributed by atoms with van der Waals surface area (Å²) >= 11 is 0. The summed E-state index contributed by atoms with van der Waals surface area (Å²) in [6, 6.07) is 1.66. The van der Waals surface area contributed by atoms with Gasteiger partial charge in [0, 0.05) is 12.1 Å². The van der Waals surface area contributed by atoms with Crippen LogP contribution in [0.4, 0.5) is 0 Å². The Morgan fingerprint density at radius 1 is 0.750 bits per heavy atom. The molecule has 0 aromatic rings. The quantitative estimate of drug-likeness (QED) is 0.732. The second-order valence-corrected chi connectivity index (χ2v) is 8.47. The van der Waals surface area contributed by atoms with E-state index in [1.807, 2.05) is 0 Å². The summed E-state index contributed by atoms with van der Waals surface area (Å²) in [4.78, 5) is 0. The van der Waals surface area contributed by atoms with Gasteiger partial charge >= 0.3 is 0 Å². The van der Waals surface area contributed by atoms with Gasteiger partial charge in [-0.05, 0) is 75.0 Å². The van der Waals surface area contributed by atoms with Crippen LogP contribution in [0.1, 0.15) is 77.6 Å². The average Bonchev–Trinajstić information content (AvgIpc) is 3.06. The first-order chi connectivity index (χ1) is 9.83. The van der Waals surface area contributed by atoms with Crippen LogP contribution >= 0.6 is 0 Å². The molecule has 4 rings (SSSR count). The Bertz CT molecular complexity index is 331. The molecule has 4 fully saturated rings. The Hall–Kier alpha value is -0.0400. The minimum Gasteiger partial charge on any atom is -0.311 e. The van der Waals surface area contributed by atoms with E-state index in [0.717, 1.165) is 41.7 Å². The summed E-state index contributed by atoms with van der Waals surface area (Å²) in [6.45, 7) is 2.49. The normalized spacial score (nSPS) is 46.4. The molecule has 0 amide bonds. The molecule has 114 valence electrons. The van der Waals surface area contributed by atoms with Gasteiger partial charge in [0.15, 0.2) is 0 Å². The topological polar surface area (TPSA) is 12.0 Å². The van der Waals surface area contributed by atoms with Crippen LogP contribution in [0.3, 0.4) is 0 Å². The monoisotopic (exact) mass is 275 g/mol. The lowest BCUT2D eigenvalue weighted by atomic mass is 9.78. The van der Waals surface area contributed by atoms with Crippen LogP contribution in [-0.2, 0) is 0 Å². The highest BCUT2D eigenvalue weighted by molar-refractivity contribution is 5.06. The van der Waals surface area contributed by atoms with Crippen LogP contribution < -0.4 is 5.32 Å². The summed E-state index contributed by atoms with van der Waals surface area (Å²) < 4.78 is 0. The summed E-state index contributed by atoms with van der Waals surface area (Å²) in [5.74, 6) is 5.39. The highest BCUT2D eigenvalue weighted by Crippen LogP contribution is 2.58. The number of hydrogen-bond acceptors (Lipinski definition) is 1. The van der Waals surface area contributed by atoms with Crippen molar-refractivity contribution in [2.75, 3.05) is 0 Å². The predicted octanol–water partition coefficient (Wildman–Crippen LogP) is 4.76. The van der Waals surface area contributed by atoms with Crippen LogP contribution in [-0.4, -0.2) is 12.1 Å². The van der Waals surface area contributed by atoms with Crippen molar-refractivity contribution >= 4 is 0 Å². The van der Waals surface area contributed by atoms with Gasteiger partial charge in [-0.1, -0.05) is 32.1 Å². The highest BCUT2D eigenvalue weighted by Gasteiger charge is 2.53. The van der Waals surface area contributed by atoms with E-state index in [9.17, 15) is 0 Å². The van der Waals surface area contributed by atoms with Gasteiger partial charge in [0.05, 0.1) is 0 Å². The summed E-state index contributed by atoms with van der Waals surface area (Å²) in [5, 5.41) is 4.12. The van der Waals surface area contributed by atoms with Crippen LogP contribution in [0.2, 0.25) is 0 Å². The molecular formula is C19H33N. The molecule has 4 aliphatic carbocycles. The smallest absolute Gasteiger partial charge is 0.0103 e. The van der Waals surface area contributed by atoms with Crippen LogP contribution in [0.15, 0.2) is 0 Å². The van der Waals surface area contributed by atoms with E-state index < -0.39 is 0 Å². The molecule has 4 aliphatic rings. The molecule has 1 N–H and O–H groups in total. The van der Waals surface area contributed by atoms with E-state index in [1.54, 1.807) is 19.3 Å². The molecule has 20 heavy (non-hydrogen) atoms. The van der Waals surface area contributed by atoms with E-state index >= 15 is 0 Å². The van der Waals surface area contributed by atoms with Gasteiger partial charge in [0.2, 0.25) is 0 Å². The standard InChI is InChI=1S/C19H33N/c1-13(14-7-4-2-3-5-8-14)20-19-12-15-11-18(19)17-10-6-9-16(15)17/h13-20H,2-12H2,1H3/t13-,15?,16?,17?,18?,19?/m1/s1. The third kappa shape index (κ3) is 2.34. The minimum atomic E-state index is 0.775. The summed E-state index contributed by atoms with van der Waals surface area (Å²) in [6.07, 6.45) is 16.7. The Kier molecular flexibility index (Phi) is 3.83. The Morgan fingerprint density at radius 3 is 2.30 bits per heavy atom. The van der Waals surface area contributed by atoms with Gasteiger partial charge in [0.25, 0.3) is 0 Å². The molecule has 0 aliphatic heterocycles. The third-order valence-corrected chi connectivity index (χ3v) is 7.51. The zero-order valence-electron chi connectivity index (χ0n) is 13.3. The zero-order chi connectivity index (χ0) is 13.5. The van der Waals surface area contributed by atoms with Crippen molar-refractivity contribution in [2.24, 2.45) is 29.6 Å². The molecule has 0 heterocycles. The number of fused-ring (bicyclic) bond motifs is 5. The molecule has 0 aromatic heterocycles. The van der Waals surface area contributed by atoms with E-state index in [1.165, 1.54) is 51.4 Å². The molecule has 0 spiro atoms. The zero-order valence-corrected chi connectivity index (χ0v) is 13.3. The fourth-order valence-corrected chi connectivity index (χ4v) is 6.54. The minimum absolute atomic E-state index is 0.775. The SMILES string of the molecule is C[C@@H](NC1CC2CC1C1CCCC21)C1CCCCCC1. The molecule has 0 radical (unpaired) electrons. The first kappa shape index (κ1) is 13.6. The predicted molar refractivity (Wildman–Crippen MR) is 84.6 cm³/mol. The maximum atomic E-state index is 4.12. The molecule has 0 saturated heterocycles. The molecular weight excluding hydrogens is 242 g/mol. The Labute approximate surface area is 125 Å². The molecule has 5 unspecified atom stereocenters. The van der Waals surface area contributed by atoms with Gasteiger partial charge in [0.1, 0.15) is 0 Å². The summed E-state index contributed by atoms with van der Waals surface area (Å²) in [7, 11) is 0. The molecule has 0 aromatic carbocycles. The maximum absolute atomic E-state index is 4.12. The molecule has 4 saturated carbocycles. The Balaban J connectivity index is 1.35. The van der Waals surface area contributed by atoms with E-state index in [-0.39, 0.29) is 0 Å². The van der Waals surface area contributed by atoms with E-state index in [0.29, 0.717) is 0 Å². The summed E-state index contributed by atoms with van der Waals surface area (Å²) in [5.41, 5.74) is 0. The first-order valence-corrected chi connectivity index (χ1v) is 9.59. The van der Waals surface area contributed by atoms with E-state index in [4.69, 9.17) is 0 Å². The van der Waals surface area contributed by atoms with Crippen LogP contribution in [0.5, 0.6) is 0 Å². The lowest BCUT2D eigenvalue weighted by Crippen LogP contribution is -2.46. The molecule has 6 atom stereocenters. The lowest BCUT2D eigenvalue weighted by Gasteiger charge is -2.36. The highest BCUT2D eigenvalue weighted by atomic mass is 15.0. The maximum Gasteiger partial charge on any atom is 0.0103 e. The Morgan fingerprint density at radius 2 is 1.50 bits per heavy atom. The van der Waals surface area contributed by atoms with Gasteiger partial charge in [-0.25, -0.2) is 0 Å². The van der Waals surface area contributed by atoms with Crippen molar-refractivity contribution in [1.29, 1.82) is 0 Å². The van der Waals surface area contributed by atoms with Gasteiger partial charge in [-0.15, -0.1) is 0 Å². The second-order valence-electron chi connectivity index (χ2n) is 8.47. The molecule has 2 bridgehead atoms. The number of nitrogens with one attached hydrogen (secondary N) is 1. The largest absolute Gasteiger partial charge is 0.311 e. The van der Waals surface area contributed by atoms with Crippen molar-refractivity contribution in [2.45, 2.75) is 89.6 Å². The second kappa shape index (κ2) is 5.63. The first-order valence-electron chi connectivity index (χ1n) is 9.59. The molecule has 1 heteroatoms.